The van der Waals surface area contributed by atoms with Gasteiger partial charge in [0.25, 0.3) is 0 Å². The number of halogens is 2. The smallest absolute Gasteiger partial charge is 0.0739 e. The summed E-state index contributed by atoms with van der Waals surface area (Å²) in [6.45, 7) is 5.74. The predicted octanol–water partition coefficient (Wildman–Crippen LogP) is 4.35. The second-order valence-corrected chi connectivity index (χ2v) is 5.73. The van der Waals surface area contributed by atoms with Crippen molar-refractivity contribution in [2.75, 3.05) is 5.32 Å². The van der Waals surface area contributed by atoms with Crippen LogP contribution < -0.4 is 5.32 Å². The van der Waals surface area contributed by atoms with Gasteiger partial charge in [-0.2, -0.15) is 5.10 Å². The van der Waals surface area contributed by atoms with E-state index in [1.54, 1.807) is 0 Å². The van der Waals surface area contributed by atoms with E-state index >= 15 is 0 Å². The zero-order chi connectivity index (χ0) is 13.1. The first-order valence-electron chi connectivity index (χ1n) is 5.83. The summed E-state index contributed by atoms with van der Waals surface area (Å²) in [5.74, 6) is 0. The minimum Gasteiger partial charge on any atom is -0.379 e. The van der Waals surface area contributed by atoms with Gasteiger partial charge < -0.3 is 5.32 Å². The van der Waals surface area contributed by atoms with Crippen LogP contribution in [0, 0.1) is 6.92 Å². The Kier molecular flexibility index (Phi) is 4.45. The van der Waals surface area contributed by atoms with E-state index in [-0.39, 0.29) is 0 Å². The molecule has 0 atom stereocenters. The summed E-state index contributed by atoms with van der Waals surface area (Å²) in [6.07, 6.45) is 0. The molecular formula is C13H15Br2N3. The molecule has 2 aromatic rings. The van der Waals surface area contributed by atoms with Crippen LogP contribution in [-0.4, -0.2) is 9.78 Å². The second-order valence-electron chi connectivity index (χ2n) is 4.03. The van der Waals surface area contributed by atoms with Crippen LogP contribution >= 0.6 is 31.9 Å². The predicted molar refractivity (Wildman–Crippen MR) is 81.8 cm³/mol. The van der Waals surface area contributed by atoms with Crippen molar-refractivity contribution >= 4 is 37.5 Å². The van der Waals surface area contributed by atoms with Gasteiger partial charge in [0, 0.05) is 16.7 Å². The summed E-state index contributed by atoms with van der Waals surface area (Å²) in [7, 11) is 0. The lowest BCUT2D eigenvalue weighted by Crippen LogP contribution is -2.08. The third-order valence-corrected chi connectivity index (χ3v) is 4.26. The van der Waals surface area contributed by atoms with Gasteiger partial charge in [0.1, 0.15) is 0 Å². The molecule has 0 aliphatic rings. The van der Waals surface area contributed by atoms with Crippen LogP contribution in [0.3, 0.4) is 0 Å². The molecule has 1 N–H and O–H groups in total. The van der Waals surface area contributed by atoms with Crippen molar-refractivity contribution in [2.24, 2.45) is 0 Å². The van der Waals surface area contributed by atoms with Gasteiger partial charge in [-0.25, -0.2) is 0 Å². The summed E-state index contributed by atoms with van der Waals surface area (Å²) in [4.78, 5) is 0. The van der Waals surface area contributed by atoms with E-state index in [4.69, 9.17) is 0 Å². The Hall–Kier alpha value is -0.810. The number of hydrogen-bond acceptors (Lipinski definition) is 2. The van der Waals surface area contributed by atoms with E-state index < -0.39 is 0 Å². The summed E-state index contributed by atoms with van der Waals surface area (Å²) < 4.78 is 4.18. The topological polar surface area (TPSA) is 29.9 Å². The van der Waals surface area contributed by atoms with Gasteiger partial charge in [-0.1, -0.05) is 22.0 Å². The molecule has 0 aliphatic heterocycles. The molecule has 3 nitrogen and oxygen atoms in total. The SMILES string of the molecule is CCn1nc(C)c(Br)c1CNc1cccc(Br)c1. The molecule has 1 aromatic heterocycles. The molecule has 18 heavy (non-hydrogen) atoms. The van der Waals surface area contributed by atoms with Crippen LogP contribution in [0.15, 0.2) is 33.2 Å². The van der Waals surface area contributed by atoms with Gasteiger partial charge in [0.2, 0.25) is 0 Å². The van der Waals surface area contributed by atoms with Crippen molar-refractivity contribution in [3.8, 4) is 0 Å². The number of aryl methyl sites for hydroxylation is 2. The molecule has 0 bridgehead atoms. The van der Waals surface area contributed by atoms with Crippen molar-refractivity contribution in [3.05, 3.63) is 44.6 Å². The van der Waals surface area contributed by atoms with Crippen LogP contribution in [0.25, 0.3) is 0 Å². The summed E-state index contributed by atoms with van der Waals surface area (Å²) in [6, 6.07) is 8.15. The molecule has 0 radical (unpaired) electrons. The molecule has 1 heterocycles. The highest BCUT2D eigenvalue weighted by molar-refractivity contribution is 9.10. The Balaban J connectivity index is 2.15. The Morgan fingerprint density at radius 1 is 1.33 bits per heavy atom. The number of nitrogens with one attached hydrogen (secondary N) is 1. The molecule has 96 valence electrons. The lowest BCUT2D eigenvalue weighted by molar-refractivity contribution is 0.622. The average Bonchev–Trinajstić information content (AvgIpc) is 2.63. The van der Waals surface area contributed by atoms with Gasteiger partial charge in [-0.05, 0) is 48.0 Å². The maximum absolute atomic E-state index is 4.48. The highest BCUT2D eigenvalue weighted by Crippen LogP contribution is 2.23. The lowest BCUT2D eigenvalue weighted by atomic mass is 10.3. The Morgan fingerprint density at radius 2 is 2.11 bits per heavy atom. The maximum atomic E-state index is 4.48. The quantitative estimate of drug-likeness (QED) is 0.864. The van der Waals surface area contributed by atoms with Gasteiger partial charge in [0.05, 0.1) is 22.4 Å². The Labute approximate surface area is 124 Å². The van der Waals surface area contributed by atoms with E-state index in [0.29, 0.717) is 0 Å². The normalized spacial score (nSPS) is 10.7. The third-order valence-electron chi connectivity index (χ3n) is 2.74. The minimum absolute atomic E-state index is 0.756. The first-order valence-corrected chi connectivity index (χ1v) is 7.41. The van der Waals surface area contributed by atoms with E-state index in [1.807, 2.05) is 23.7 Å². The average molecular weight is 373 g/mol. The molecule has 0 saturated heterocycles. The van der Waals surface area contributed by atoms with Gasteiger partial charge in [0.15, 0.2) is 0 Å². The first-order chi connectivity index (χ1) is 8.61. The van der Waals surface area contributed by atoms with Crippen LogP contribution in [-0.2, 0) is 13.1 Å². The molecule has 1 aromatic carbocycles. The van der Waals surface area contributed by atoms with Crippen LogP contribution in [0.1, 0.15) is 18.3 Å². The molecule has 0 fully saturated rings. The number of hydrogen-bond donors (Lipinski definition) is 1. The van der Waals surface area contributed by atoms with Crippen LogP contribution in [0.5, 0.6) is 0 Å². The van der Waals surface area contributed by atoms with E-state index in [2.05, 4.69) is 61.3 Å². The molecular weight excluding hydrogens is 358 g/mol. The molecule has 2 rings (SSSR count). The lowest BCUT2D eigenvalue weighted by Gasteiger charge is -2.09. The van der Waals surface area contributed by atoms with E-state index in [0.717, 1.165) is 33.4 Å². The van der Waals surface area contributed by atoms with Gasteiger partial charge >= 0.3 is 0 Å². The van der Waals surface area contributed by atoms with Crippen molar-refractivity contribution in [1.29, 1.82) is 0 Å². The summed E-state index contributed by atoms with van der Waals surface area (Å²) >= 11 is 7.07. The van der Waals surface area contributed by atoms with E-state index in [1.165, 1.54) is 5.69 Å². The fraction of sp³-hybridized carbons (Fsp3) is 0.308. The number of anilines is 1. The summed E-state index contributed by atoms with van der Waals surface area (Å²) in [5.41, 5.74) is 3.30. The minimum atomic E-state index is 0.756. The number of aromatic nitrogens is 2. The largest absolute Gasteiger partial charge is 0.379 e. The van der Waals surface area contributed by atoms with Gasteiger partial charge in [-0.15, -0.1) is 0 Å². The third kappa shape index (κ3) is 2.95. The van der Waals surface area contributed by atoms with Crippen LogP contribution in [0.2, 0.25) is 0 Å². The number of nitrogens with zero attached hydrogens (tertiary/aromatic N) is 2. The van der Waals surface area contributed by atoms with Crippen LogP contribution in [0.4, 0.5) is 5.69 Å². The Bertz CT molecular complexity index is 549. The molecule has 0 spiro atoms. The van der Waals surface area contributed by atoms with Gasteiger partial charge in [-0.3, -0.25) is 4.68 Å². The van der Waals surface area contributed by atoms with Crippen molar-refractivity contribution in [3.63, 3.8) is 0 Å². The van der Waals surface area contributed by atoms with Crippen molar-refractivity contribution in [1.82, 2.24) is 9.78 Å². The maximum Gasteiger partial charge on any atom is 0.0739 e. The monoisotopic (exact) mass is 371 g/mol. The molecule has 0 unspecified atom stereocenters. The standard InChI is InChI=1S/C13H15Br2N3/c1-3-18-12(13(15)9(2)17-18)8-16-11-6-4-5-10(14)7-11/h4-7,16H,3,8H2,1-2H3. The zero-order valence-corrected chi connectivity index (χ0v) is 13.5. The molecule has 0 aliphatic carbocycles. The van der Waals surface area contributed by atoms with E-state index in [9.17, 15) is 0 Å². The fourth-order valence-corrected chi connectivity index (χ4v) is 2.65. The highest BCUT2D eigenvalue weighted by atomic mass is 79.9. The number of benzene rings is 1. The molecule has 0 amide bonds. The second kappa shape index (κ2) is 5.89. The fourth-order valence-electron chi connectivity index (χ4n) is 1.82. The first kappa shape index (κ1) is 13.6. The number of rotatable bonds is 4. The zero-order valence-electron chi connectivity index (χ0n) is 10.4. The van der Waals surface area contributed by atoms with Crippen molar-refractivity contribution < 1.29 is 0 Å². The highest BCUT2D eigenvalue weighted by Gasteiger charge is 2.11. The van der Waals surface area contributed by atoms with Crippen molar-refractivity contribution in [2.45, 2.75) is 26.9 Å². The Morgan fingerprint density at radius 3 is 2.78 bits per heavy atom. The molecule has 5 heteroatoms. The summed E-state index contributed by atoms with van der Waals surface area (Å²) in [5, 5.41) is 7.89. The molecule has 0 saturated carbocycles.